The number of rotatable bonds is 5. The Morgan fingerprint density at radius 1 is 1.19 bits per heavy atom. The highest BCUT2D eigenvalue weighted by atomic mass is 32.2. The van der Waals surface area contributed by atoms with Crippen molar-refractivity contribution < 1.29 is 14.0 Å². The second kappa shape index (κ2) is 10.1. The summed E-state index contributed by atoms with van der Waals surface area (Å²) in [7, 11) is 0. The van der Waals surface area contributed by atoms with E-state index in [2.05, 4.69) is 26.1 Å². The lowest BCUT2D eigenvalue weighted by Crippen LogP contribution is -2.44. The van der Waals surface area contributed by atoms with Gasteiger partial charge >= 0.3 is 0 Å². The van der Waals surface area contributed by atoms with E-state index in [4.69, 9.17) is 5.10 Å². The number of nitrogens with one attached hydrogen (secondary N) is 1. The molecule has 0 saturated carbocycles. The summed E-state index contributed by atoms with van der Waals surface area (Å²) < 4.78 is 16.1. The number of nitrogens with zero attached hydrogens (tertiary/aromatic N) is 3. The summed E-state index contributed by atoms with van der Waals surface area (Å²) >= 11 is 1.44. The molecule has 1 aliphatic rings. The number of benzene rings is 2. The minimum Gasteiger partial charge on any atom is -0.352 e. The molecule has 1 aliphatic heterocycles. The summed E-state index contributed by atoms with van der Waals surface area (Å²) in [5, 5.41) is 7.62. The molecule has 6 nitrogen and oxygen atoms in total. The van der Waals surface area contributed by atoms with Gasteiger partial charge in [0.05, 0.1) is 22.4 Å². The van der Waals surface area contributed by atoms with Crippen molar-refractivity contribution in [2.45, 2.75) is 58.2 Å². The van der Waals surface area contributed by atoms with Gasteiger partial charge in [0.15, 0.2) is 0 Å². The normalized spacial score (nSPS) is 16.2. The minimum atomic E-state index is -0.370. The average Bonchev–Trinajstić information content (AvgIpc) is 3.12. The van der Waals surface area contributed by atoms with Crippen molar-refractivity contribution in [2.75, 3.05) is 17.2 Å². The zero-order valence-electron chi connectivity index (χ0n) is 21.6. The van der Waals surface area contributed by atoms with E-state index in [9.17, 15) is 14.0 Å². The number of carbonyl (C=O) groups excluding carboxylic acids is 2. The molecule has 2 heterocycles. The van der Waals surface area contributed by atoms with E-state index in [0.717, 1.165) is 28.1 Å². The van der Waals surface area contributed by atoms with Gasteiger partial charge in [-0.2, -0.15) is 5.10 Å². The molecule has 0 aliphatic carbocycles. The van der Waals surface area contributed by atoms with Crippen molar-refractivity contribution in [1.29, 1.82) is 0 Å². The van der Waals surface area contributed by atoms with Crippen molar-refractivity contribution in [2.24, 2.45) is 0 Å². The van der Waals surface area contributed by atoms with Crippen molar-refractivity contribution in [3.05, 3.63) is 76.7 Å². The van der Waals surface area contributed by atoms with Crippen molar-refractivity contribution in [1.82, 2.24) is 15.1 Å². The summed E-state index contributed by atoms with van der Waals surface area (Å²) in [6, 6.07) is 14.3. The van der Waals surface area contributed by atoms with Crippen LogP contribution in [0.2, 0.25) is 0 Å². The molecule has 0 bridgehead atoms. The molecule has 8 heteroatoms. The molecule has 2 amide bonds. The summed E-state index contributed by atoms with van der Waals surface area (Å²) in [5.74, 6) is -0.0426. The van der Waals surface area contributed by atoms with E-state index in [1.165, 1.54) is 23.9 Å². The first-order valence-corrected chi connectivity index (χ1v) is 13.2. The maximum absolute atomic E-state index is 14.3. The van der Waals surface area contributed by atoms with Crippen LogP contribution in [-0.4, -0.2) is 39.9 Å². The molecule has 1 N–H and O–H groups in total. The maximum atomic E-state index is 14.3. The van der Waals surface area contributed by atoms with Gasteiger partial charge in [0, 0.05) is 17.0 Å². The topological polar surface area (TPSA) is 67.2 Å². The van der Waals surface area contributed by atoms with E-state index in [-0.39, 0.29) is 46.6 Å². The van der Waals surface area contributed by atoms with Crippen LogP contribution >= 0.6 is 11.8 Å². The molecule has 190 valence electrons. The predicted octanol–water partition coefficient (Wildman–Crippen LogP) is 5.31. The van der Waals surface area contributed by atoms with Crippen LogP contribution in [0.5, 0.6) is 0 Å². The minimum absolute atomic E-state index is 0.0553. The summed E-state index contributed by atoms with van der Waals surface area (Å²) in [6.45, 7) is 11.9. The van der Waals surface area contributed by atoms with Gasteiger partial charge in [0.25, 0.3) is 0 Å². The number of anilines is 1. The quantitative estimate of drug-likeness (QED) is 0.507. The molecule has 0 unspecified atom stereocenters. The number of halogens is 1. The maximum Gasteiger partial charge on any atom is 0.240 e. The molecule has 36 heavy (non-hydrogen) atoms. The summed E-state index contributed by atoms with van der Waals surface area (Å²) in [4.78, 5) is 28.0. The first kappa shape index (κ1) is 25.9. The molecule has 1 atom stereocenters. The molecule has 2 aromatic carbocycles. The van der Waals surface area contributed by atoms with Crippen LogP contribution in [0.15, 0.2) is 48.5 Å². The van der Waals surface area contributed by atoms with Gasteiger partial charge in [-0.25, -0.2) is 9.07 Å². The summed E-state index contributed by atoms with van der Waals surface area (Å²) in [5.41, 5.74) is 3.89. The predicted molar refractivity (Wildman–Crippen MR) is 143 cm³/mol. The third kappa shape index (κ3) is 5.33. The van der Waals surface area contributed by atoms with Crippen LogP contribution in [0.25, 0.3) is 5.69 Å². The van der Waals surface area contributed by atoms with Gasteiger partial charge in [-0.3, -0.25) is 14.5 Å². The number of hydrogen-bond donors (Lipinski definition) is 1. The van der Waals surface area contributed by atoms with Gasteiger partial charge in [0.2, 0.25) is 11.8 Å². The number of thioether (sulfide) groups is 1. The third-order valence-corrected chi connectivity index (χ3v) is 7.20. The first-order valence-electron chi connectivity index (χ1n) is 12.1. The van der Waals surface area contributed by atoms with Gasteiger partial charge in [-0.1, -0.05) is 45.0 Å². The number of fused-ring (bicyclic) bond motifs is 1. The molecule has 0 spiro atoms. The number of amides is 2. The Morgan fingerprint density at radius 2 is 1.92 bits per heavy atom. The smallest absolute Gasteiger partial charge is 0.240 e. The monoisotopic (exact) mass is 508 g/mol. The molecule has 3 aromatic rings. The lowest BCUT2D eigenvalue weighted by molar-refractivity contribution is -0.123. The van der Waals surface area contributed by atoms with Gasteiger partial charge in [0.1, 0.15) is 18.2 Å². The van der Waals surface area contributed by atoms with Crippen LogP contribution in [-0.2, 0) is 15.0 Å². The standard InChI is InChI=1S/C28H33FN4O2S/c1-17(2)30-22(34)15-32-23(35)16-36-25(19-10-8-11-20(29)14-19)24-26(28(4,5)6)31-33(27(24)32)21-12-7-9-18(3)13-21/h7-14,17,25H,15-16H2,1-6H3,(H,30,34)/t25-/m1/s1. The van der Waals surface area contributed by atoms with Crippen LogP contribution in [0.4, 0.5) is 10.2 Å². The lowest BCUT2D eigenvalue weighted by Gasteiger charge is -2.25. The average molecular weight is 509 g/mol. The van der Waals surface area contributed by atoms with Crippen molar-refractivity contribution in [3.8, 4) is 5.69 Å². The SMILES string of the molecule is Cc1cccc(-n2nc(C(C)(C)C)c3c2N(CC(=O)NC(C)C)C(=O)CS[C@@H]3c2cccc(F)c2)c1. The van der Waals surface area contributed by atoms with Crippen LogP contribution < -0.4 is 10.2 Å². The molecular weight excluding hydrogens is 475 g/mol. The highest BCUT2D eigenvalue weighted by molar-refractivity contribution is 8.00. The van der Waals surface area contributed by atoms with Crippen molar-refractivity contribution in [3.63, 3.8) is 0 Å². The lowest BCUT2D eigenvalue weighted by atomic mass is 9.87. The van der Waals surface area contributed by atoms with Crippen LogP contribution in [0, 0.1) is 12.7 Å². The van der Waals surface area contributed by atoms with E-state index in [1.807, 2.05) is 51.1 Å². The van der Waals surface area contributed by atoms with E-state index < -0.39 is 0 Å². The number of carbonyl (C=O) groups is 2. The fourth-order valence-electron chi connectivity index (χ4n) is 4.46. The zero-order chi connectivity index (χ0) is 26.2. The van der Waals surface area contributed by atoms with Gasteiger partial charge in [-0.05, 0) is 56.2 Å². The number of aromatic nitrogens is 2. The fourth-order valence-corrected chi connectivity index (χ4v) is 5.64. The Labute approximate surface area is 216 Å². The van der Waals surface area contributed by atoms with E-state index >= 15 is 0 Å². The molecular formula is C28H33FN4O2S. The summed E-state index contributed by atoms with van der Waals surface area (Å²) in [6.07, 6.45) is 0. The molecule has 0 saturated heterocycles. The molecule has 0 fully saturated rings. The molecule has 0 radical (unpaired) electrons. The highest BCUT2D eigenvalue weighted by Gasteiger charge is 2.40. The first-order chi connectivity index (χ1) is 17.0. The second-order valence-electron chi connectivity index (χ2n) is 10.5. The largest absolute Gasteiger partial charge is 0.352 e. The third-order valence-electron chi connectivity index (χ3n) is 5.95. The number of aryl methyl sites for hydroxylation is 1. The molecule has 4 rings (SSSR count). The number of hydrogen-bond acceptors (Lipinski definition) is 4. The van der Waals surface area contributed by atoms with Crippen LogP contribution in [0.3, 0.4) is 0 Å². The zero-order valence-corrected chi connectivity index (χ0v) is 22.4. The van der Waals surface area contributed by atoms with Crippen molar-refractivity contribution >= 4 is 29.4 Å². The Kier molecular flexibility index (Phi) is 7.27. The van der Waals surface area contributed by atoms with Gasteiger partial charge < -0.3 is 5.32 Å². The Bertz CT molecular complexity index is 1290. The Balaban J connectivity index is 2.02. The fraction of sp³-hybridized carbons (Fsp3) is 0.393. The Morgan fingerprint density at radius 3 is 2.56 bits per heavy atom. The van der Waals surface area contributed by atoms with E-state index in [0.29, 0.717) is 5.82 Å². The molecule has 1 aromatic heterocycles. The highest BCUT2D eigenvalue weighted by Crippen LogP contribution is 2.48. The van der Waals surface area contributed by atoms with E-state index in [1.54, 1.807) is 15.6 Å². The Hall–Kier alpha value is -3.13. The second-order valence-corrected chi connectivity index (χ2v) is 11.6. The van der Waals surface area contributed by atoms with Crippen LogP contribution in [0.1, 0.15) is 62.3 Å². The van der Waals surface area contributed by atoms with Gasteiger partial charge in [-0.15, -0.1) is 11.8 Å².